The SMILES string of the molecule is Cc1cc(C)c(C2=C3C=c4c(c5ccccc5c5ccccc45)=[N+]3[B-](F)(F)n3c2cc2c4ccccc4c4ccccc4c23)c(C)c1. The van der Waals surface area contributed by atoms with Gasteiger partial charge in [-0.25, -0.2) is 0 Å². The van der Waals surface area contributed by atoms with Crippen molar-refractivity contribution in [2.45, 2.75) is 20.8 Å². The third kappa shape index (κ3) is 3.31. The van der Waals surface area contributed by atoms with E-state index in [2.05, 4.69) is 69.3 Å². The second-order valence-electron chi connectivity index (χ2n) is 13.2. The lowest BCUT2D eigenvalue weighted by Gasteiger charge is -2.33. The molecular weight excluding hydrogens is 581 g/mol. The molecule has 224 valence electrons. The Labute approximate surface area is 269 Å². The molecule has 1 aromatic heterocycles. The first-order valence-electron chi connectivity index (χ1n) is 16.2. The lowest BCUT2D eigenvalue weighted by atomic mass is 9.83. The van der Waals surface area contributed by atoms with Crippen LogP contribution in [0.5, 0.6) is 0 Å². The number of allylic oxidation sites excluding steroid dienone is 1. The lowest BCUT2D eigenvalue weighted by Crippen LogP contribution is -2.57. The van der Waals surface area contributed by atoms with Crippen LogP contribution in [0, 0.1) is 20.8 Å². The molecule has 0 aliphatic carbocycles. The highest BCUT2D eigenvalue weighted by atomic mass is 19.2. The van der Waals surface area contributed by atoms with Gasteiger partial charge in [0.2, 0.25) is 0 Å². The van der Waals surface area contributed by atoms with Crippen LogP contribution in [0.15, 0.2) is 121 Å². The van der Waals surface area contributed by atoms with Gasteiger partial charge in [0.15, 0.2) is 11.1 Å². The molecule has 0 saturated carbocycles. The van der Waals surface area contributed by atoms with Crippen LogP contribution in [0.1, 0.15) is 27.9 Å². The summed E-state index contributed by atoms with van der Waals surface area (Å²) in [5.74, 6) is 0. The van der Waals surface area contributed by atoms with Gasteiger partial charge in [-0.2, -0.15) is 0 Å². The van der Waals surface area contributed by atoms with Crippen molar-refractivity contribution in [2.75, 3.05) is 0 Å². The Morgan fingerprint density at radius 3 is 1.64 bits per heavy atom. The quantitative estimate of drug-likeness (QED) is 0.129. The zero-order valence-corrected chi connectivity index (χ0v) is 26.3. The summed E-state index contributed by atoms with van der Waals surface area (Å²) in [6.07, 6.45) is 2.03. The summed E-state index contributed by atoms with van der Waals surface area (Å²) in [5, 5.41) is 10.0. The minimum Gasteiger partial charge on any atom is -0.389 e. The van der Waals surface area contributed by atoms with Crippen molar-refractivity contribution in [1.82, 2.24) is 8.96 Å². The average Bonchev–Trinajstić information content (AvgIpc) is 3.69. The maximum absolute atomic E-state index is 18.1. The van der Waals surface area contributed by atoms with Crippen LogP contribution in [0.3, 0.4) is 0 Å². The van der Waals surface area contributed by atoms with Crippen molar-refractivity contribution in [3.05, 3.63) is 159 Å². The first-order valence-corrected chi connectivity index (χ1v) is 16.2. The zero-order valence-electron chi connectivity index (χ0n) is 26.3. The Morgan fingerprint density at radius 2 is 1.02 bits per heavy atom. The molecule has 5 heteroatoms. The molecule has 0 atom stereocenters. The van der Waals surface area contributed by atoms with Gasteiger partial charge in [0.25, 0.3) is 0 Å². The first-order chi connectivity index (χ1) is 22.8. The van der Waals surface area contributed by atoms with Gasteiger partial charge in [-0.15, -0.1) is 0 Å². The molecule has 0 bridgehead atoms. The van der Waals surface area contributed by atoms with Gasteiger partial charge >= 0.3 is 6.97 Å². The summed E-state index contributed by atoms with van der Waals surface area (Å²) in [7, 11) is 0. The van der Waals surface area contributed by atoms with Crippen molar-refractivity contribution in [3.8, 4) is 0 Å². The number of fused-ring (bicyclic) bond motifs is 15. The standard InChI is InChI=1S/C42H29BF2N2/c1-24-20-25(2)39(26(3)21-24)40-37-22-35-31-16-6-4-12-27(31)29-14-8-10-18-33(29)41(35)46(37)43(44,45)47-38(40)23-36-32-17-7-5-13-28(32)30-15-9-11-19-34(30)42(36)47/h4-23H,1-3H3. The van der Waals surface area contributed by atoms with E-state index in [0.717, 1.165) is 81.5 Å². The molecule has 2 aliphatic rings. The van der Waals surface area contributed by atoms with Crippen LogP contribution in [-0.4, -0.2) is 11.4 Å². The Balaban J connectivity index is 1.52. The summed E-state index contributed by atoms with van der Waals surface area (Å²) in [4.78, 5) is 0. The van der Waals surface area contributed by atoms with E-state index in [-0.39, 0.29) is 0 Å². The van der Waals surface area contributed by atoms with Gasteiger partial charge in [0.1, 0.15) is 0 Å². The number of nitrogens with zero attached hydrogens (tertiary/aromatic N) is 2. The molecule has 0 radical (unpaired) electrons. The van der Waals surface area contributed by atoms with Crippen molar-refractivity contribution in [2.24, 2.45) is 0 Å². The number of rotatable bonds is 1. The van der Waals surface area contributed by atoms with Crippen LogP contribution >= 0.6 is 0 Å². The summed E-state index contributed by atoms with van der Waals surface area (Å²) < 4.78 is 39.0. The summed E-state index contributed by atoms with van der Waals surface area (Å²) in [6.45, 7) is 1.97. The number of benzene rings is 7. The van der Waals surface area contributed by atoms with E-state index in [1.54, 1.807) is 0 Å². The predicted octanol–water partition coefficient (Wildman–Crippen LogP) is 9.16. The molecule has 0 amide bonds. The molecule has 8 aromatic rings. The Morgan fingerprint density at radius 1 is 0.553 bits per heavy atom. The minimum absolute atomic E-state index is 0.561. The summed E-state index contributed by atoms with van der Waals surface area (Å²) in [5.41, 5.74) is 6.87. The summed E-state index contributed by atoms with van der Waals surface area (Å²) >= 11 is 0. The molecule has 0 N–H and O–H groups in total. The van der Waals surface area contributed by atoms with Crippen molar-refractivity contribution in [3.63, 3.8) is 0 Å². The van der Waals surface area contributed by atoms with E-state index in [1.807, 2.05) is 72.8 Å². The van der Waals surface area contributed by atoms with Crippen LogP contribution in [0.25, 0.3) is 65.6 Å². The fourth-order valence-corrected chi connectivity index (χ4v) is 8.87. The Kier molecular flexibility index (Phi) is 5.13. The highest BCUT2D eigenvalue weighted by Crippen LogP contribution is 2.46. The second-order valence-corrected chi connectivity index (χ2v) is 13.2. The maximum atomic E-state index is 18.1. The average molecular weight is 611 g/mol. The number of aromatic nitrogens is 1. The molecule has 0 unspecified atom stereocenters. The lowest BCUT2D eigenvalue weighted by molar-refractivity contribution is 0.519. The largest absolute Gasteiger partial charge is 0.737 e. The number of halogens is 2. The topological polar surface area (TPSA) is 7.94 Å². The van der Waals surface area contributed by atoms with E-state index >= 15 is 8.63 Å². The van der Waals surface area contributed by atoms with Gasteiger partial charge in [-0.05, 0) is 81.9 Å². The summed E-state index contributed by atoms with van der Waals surface area (Å²) in [6, 6.07) is 38.8. The third-order valence-corrected chi connectivity index (χ3v) is 10.5. The predicted molar refractivity (Wildman–Crippen MR) is 193 cm³/mol. The van der Waals surface area contributed by atoms with Gasteiger partial charge in [-0.3, -0.25) is 0 Å². The van der Waals surface area contributed by atoms with Crippen LogP contribution in [0.4, 0.5) is 8.63 Å². The fourth-order valence-electron chi connectivity index (χ4n) is 8.87. The van der Waals surface area contributed by atoms with E-state index in [0.29, 0.717) is 22.3 Å². The molecule has 3 heterocycles. The van der Waals surface area contributed by atoms with E-state index in [4.69, 9.17) is 0 Å². The molecule has 7 aromatic carbocycles. The Hall–Kier alpha value is -5.55. The zero-order chi connectivity index (χ0) is 31.8. The number of hydrogen-bond donors (Lipinski definition) is 0. The van der Waals surface area contributed by atoms with Crippen molar-refractivity contribution in [1.29, 1.82) is 0 Å². The number of hydrogen-bond acceptors (Lipinski definition) is 0. The van der Waals surface area contributed by atoms with Gasteiger partial charge in [-0.1, -0.05) is 109 Å². The van der Waals surface area contributed by atoms with Crippen molar-refractivity contribution < 1.29 is 8.63 Å². The molecule has 0 fully saturated rings. The highest BCUT2D eigenvalue weighted by Gasteiger charge is 2.54. The molecule has 0 spiro atoms. The molecule has 47 heavy (non-hydrogen) atoms. The van der Waals surface area contributed by atoms with E-state index < -0.39 is 6.97 Å². The monoisotopic (exact) mass is 610 g/mol. The molecule has 10 rings (SSSR count). The third-order valence-electron chi connectivity index (χ3n) is 10.5. The molecule has 0 saturated heterocycles. The Bertz CT molecular complexity index is 2890. The fraction of sp³-hybridized carbons (Fsp3) is 0.0714. The molecular formula is C42H29BF2N2. The maximum Gasteiger partial charge on any atom is 0.737 e. The minimum atomic E-state index is -4.34. The van der Waals surface area contributed by atoms with Crippen LogP contribution in [0.2, 0.25) is 0 Å². The second kappa shape index (κ2) is 9.04. The van der Waals surface area contributed by atoms with Gasteiger partial charge < -0.3 is 17.6 Å². The normalized spacial score (nSPS) is 15.1. The molecule has 2 nitrogen and oxygen atoms in total. The first kappa shape index (κ1) is 26.7. The van der Waals surface area contributed by atoms with Gasteiger partial charge in [0.05, 0.1) is 10.8 Å². The van der Waals surface area contributed by atoms with E-state index in [9.17, 15) is 0 Å². The van der Waals surface area contributed by atoms with Crippen LogP contribution in [-0.2, 0) is 0 Å². The smallest absolute Gasteiger partial charge is 0.389 e. The van der Waals surface area contributed by atoms with E-state index in [1.165, 1.54) is 8.96 Å². The highest BCUT2D eigenvalue weighted by molar-refractivity contribution is 6.66. The van der Waals surface area contributed by atoms with Crippen LogP contribution < -0.4 is 15.1 Å². The van der Waals surface area contributed by atoms with Crippen molar-refractivity contribution >= 4 is 72.6 Å². The van der Waals surface area contributed by atoms with Gasteiger partial charge in [0, 0.05) is 33.4 Å². The molecule has 2 aliphatic heterocycles. The number of aryl methyl sites for hydroxylation is 3.